The lowest BCUT2D eigenvalue weighted by atomic mass is 10.2. The second kappa shape index (κ2) is 6.26. The van der Waals surface area contributed by atoms with Gasteiger partial charge < -0.3 is 15.3 Å². The molecule has 0 saturated heterocycles. The summed E-state index contributed by atoms with van der Waals surface area (Å²) in [7, 11) is 0. The molecular formula is C14H17BrN2O3. The maximum atomic E-state index is 12.2. The summed E-state index contributed by atoms with van der Waals surface area (Å²) in [6.45, 7) is 3.27. The van der Waals surface area contributed by atoms with Crippen molar-refractivity contribution >= 4 is 33.6 Å². The normalized spacial score (nSPS) is 13.9. The first-order valence-electron chi connectivity index (χ1n) is 6.60. The Morgan fingerprint density at radius 1 is 1.45 bits per heavy atom. The molecular weight excluding hydrogens is 324 g/mol. The van der Waals surface area contributed by atoms with Gasteiger partial charge in [-0.25, -0.2) is 9.59 Å². The molecule has 1 aliphatic rings. The zero-order valence-corrected chi connectivity index (χ0v) is 12.8. The van der Waals surface area contributed by atoms with Gasteiger partial charge in [0.2, 0.25) is 0 Å². The zero-order chi connectivity index (χ0) is 14.7. The Morgan fingerprint density at radius 2 is 2.15 bits per heavy atom. The molecule has 5 nitrogen and oxygen atoms in total. The number of benzene rings is 1. The highest BCUT2D eigenvalue weighted by Gasteiger charge is 2.26. The number of aromatic carboxylic acids is 1. The zero-order valence-electron chi connectivity index (χ0n) is 11.2. The average molecular weight is 341 g/mol. The van der Waals surface area contributed by atoms with Crippen molar-refractivity contribution in [1.82, 2.24) is 4.90 Å². The summed E-state index contributed by atoms with van der Waals surface area (Å²) in [4.78, 5) is 25.1. The second-order valence-corrected chi connectivity index (χ2v) is 5.82. The van der Waals surface area contributed by atoms with Crippen molar-refractivity contribution in [2.75, 3.05) is 18.4 Å². The molecule has 1 fully saturated rings. The molecule has 0 unspecified atom stereocenters. The van der Waals surface area contributed by atoms with Crippen LogP contribution in [0.3, 0.4) is 0 Å². The van der Waals surface area contributed by atoms with E-state index in [9.17, 15) is 9.59 Å². The van der Waals surface area contributed by atoms with Crippen molar-refractivity contribution in [2.45, 2.75) is 19.8 Å². The maximum absolute atomic E-state index is 12.2. The smallest absolute Gasteiger partial charge is 0.337 e. The number of nitrogens with zero attached hydrogens (tertiary/aromatic N) is 1. The first kappa shape index (κ1) is 14.8. The fraction of sp³-hybridized carbons (Fsp3) is 0.429. The molecule has 108 valence electrons. The fourth-order valence-corrected chi connectivity index (χ4v) is 2.33. The van der Waals surface area contributed by atoms with E-state index in [-0.39, 0.29) is 11.6 Å². The molecule has 1 saturated carbocycles. The summed E-state index contributed by atoms with van der Waals surface area (Å²) in [6.07, 6.45) is 2.34. The summed E-state index contributed by atoms with van der Waals surface area (Å²) in [5.41, 5.74) is 0.398. The van der Waals surface area contributed by atoms with Crippen LogP contribution in [-0.2, 0) is 0 Å². The number of carbonyl (C=O) groups excluding carboxylic acids is 1. The Morgan fingerprint density at radius 3 is 2.70 bits per heavy atom. The van der Waals surface area contributed by atoms with Gasteiger partial charge in [-0.15, -0.1) is 0 Å². The molecule has 1 aromatic carbocycles. The van der Waals surface area contributed by atoms with Crippen molar-refractivity contribution in [2.24, 2.45) is 5.92 Å². The number of carboxylic acids is 1. The molecule has 0 aromatic heterocycles. The Bertz CT molecular complexity index is 529. The third-order valence-electron chi connectivity index (χ3n) is 3.30. The van der Waals surface area contributed by atoms with Crippen LogP contribution in [0, 0.1) is 5.92 Å². The van der Waals surface area contributed by atoms with Crippen LogP contribution < -0.4 is 5.32 Å². The van der Waals surface area contributed by atoms with E-state index in [1.54, 1.807) is 17.0 Å². The van der Waals surface area contributed by atoms with Crippen LogP contribution in [-0.4, -0.2) is 35.1 Å². The SMILES string of the molecule is CCN(CC1CC1)C(=O)Nc1ccc(Br)cc1C(=O)O. The highest BCUT2D eigenvalue weighted by Crippen LogP contribution is 2.30. The molecule has 2 amide bonds. The summed E-state index contributed by atoms with van der Waals surface area (Å²) in [5.74, 6) is -0.462. The van der Waals surface area contributed by atoms with Gasteiger partial charge in [0.25, 0.3) is 0 Å². The lowest BCUT2D eigenvalue weighted by Crippen LogP contribution is -2.36. The lowest BCUT2D eigenvalue weighted by molar-refractivity contribution is 0.0698. The molecule has 0 aliphatic heterocycles. The van der Waals surface area contributed by atoms with Crippen LogP contribution in [0.25, 0.3) is 0 Å². The monoisotopic (exact) mass is 340 g/mol. The molecule has 0 atom stereocenters. The van der Waals surface area contributed by atoms with Gasteiger partial charge in [-0.1, -0.05) is 15.9 Å². The highest BCUT2D eigenvalue weighted by atomic mass is 79.9. The summed E-state index contributed by atoms with van der Waals surface area (Å²) in [6, 6.07) is 4.54. The number of halogens is 1. The van der Waals surface area contributed by atoms with E-state index in [0.29, 0.717) is 22.6 Å². The fourth-order valence-electron chi connectivity index (χ4n) is 1.96. The first-order chi connectivity index (χ1) is 9.51. The lowest BCUT2D eigenvalue weighted by Gasteiger charge is -2.21. The molecule has 20 heavy (non-hydrogen) atoms. The van der Waals surface area contributed by atoms with Crippen LogP contribution in [0.2, 0.25) is 0 Å². The van der Waals surface area contributed by atoms with Crippen molar-refractivity contribution in [3.8, 4) is 0 Å². The highest BCUT2D eigenvalue weighted by molar-refractivity contribution is 9.10. The molecule has 0 radical (unpaired) electrons. The van der Waals surface area contributed by atoms with Crippen LogP contribution in [0.5, 0.6) is 0 Å². The van der Waals surface area contributed by atoms with E-state index in [2.05, 4.69) is 21.2 Å². The molecule has 6 heteroatoms. The number of hydrogen-bond acceptors (Lipinski definition) is 2. The van der Waals surface area contributed by atoms with Gasteiger partial charge in [0, 0.05) is 17.6 Å². The van der Waals surface area contributed by atoms with Gasteiger partial charge in [0.05, 0.1) is 11.3 Å². The predicted octanol–water partition coefficient (Wildman–Crippen LogP) is 3.41. The average Bonchev–Trinajstić information content (AvgIpc) is 3.21. The number of carboxylic acid groups (broad SMARTS) is 1. The van der Waals surface area contributed by atoms with Gasteiger partial charge in [-0.2, -0.15) is 0 Å². The maximum Gasteiger partial charge on any atom is 0.337 e. The quantitative estimate of drug-likeness (QED) is 0.862. The molecule has 1 aromatic rings. The van der Waals surface area contributed by atoms with E-state index in [1.807, 2.05) is 6.92 Å². The molecule has 0 spiro atoms. The van der Waals surface area contributed by atoms with Gasteiger partial charge in [0.15, 0.2) is 0 Å². The van der Waals surface area contributed by atoms with Gasteiger partial charge in [-0.3, -0.25) is 0 Å². The number of amides is 2. The van der Waals surface area contributed by atoms with Gasteiger partial charge in [-0.05, 0) is 43.9 Å². The number of urea groups is 1. The second-order valence-electron chi connectivity index (χ2n) is 4.91. The van der Waals surface area contributed by atoms with Crippen molar-refractivity contribution in [3.63, 3.8) is 0 Å². The third-order valence-corrected chi connectivity index (χ3v) is 3.79. The molecule has 2 N–H and O–H groups in total. The summed E-state index contributed by atoms with van der Waals surface area (Å²) in [5, 5.41) is 11.9. The van der Waals surface area contributed by atoms with Crippen molar-refractivity contribution in [1.29, 1.82) is 0 Å². The minimum Gasteiger partial charge on any atom is -0.478 e. The summed E-state index contributed by atoms with van der Waals surface area (Å²) >= 11 is 3.23. The van der Waals surface area contributed by atoms with E-state index in [1.165, 1.54) is 18.9 Å². The molecule has 0 heterocycles. The Balaban J connectivity index is 2.11. The van der Waals surface area contributed by atoms with Crippen LogP contribution in [0.1, 0.15) is 30.1 Å². The van der Waals surface area contributed by atoms with E-state index in [4.69, 9.17) is 5.11 Å². The largest absolute Gasteiger partial charge is 0.478 e. The summed E-state index contributed by atoms with van der Waals surface area (Å²) < 4.78 is 0.665. The van der Waals surface area contributed by atoms with E-state index in [0.717, 1.165) is 6.54 Å². The Kier molecular flexibility index (Phi) is 4.65. The predicted molar refractivity (Wildman–Crippen MR) is 80.1 cm³/mol. The van der Waals surface area contributed by atoms with Crippen LogP contribution >= 0.6 is 15.9 Å². The third kappa shape index (κ3) is 3.72. The molecule has 0 bridgehead atoms. The minimum atomic E-state index is -1.06. The van der Waals surface area contributed by atoms with Gasteiger partial charge in [0.1, 0.15) is 0 Å². The van der Waals surface area contributed by atoms with Crippen molar-refractivity contribution in [3.05, 3.63) is 28.2 Å². The number of hydrogen-bond donors (Lipinski definition) is 2. The number of rotatable bonds is 5. The van der Waals surface area contributed by atoms with E-state index < -0.39 is 5.97 Å². The number of carbonyl (C=O) groups is 2. The topological polar surface area (TPSA) is 69.6 Å². The Hall–Kier alpha value is -1.56. The van der Waals surface area contributed by atoms with E-state index >= 15 is 0 Å². The number of anilines is 1. The standard InChI is InChI=1S/C14H17BrN2O3/c1-2-17(8-9-3-4-9)14(20)16-12-6-5-10(15)7-11(12)13(18)19/h5-7,9H,2-4,8H2,1H3,(H,16,20)(H,18,19). The number of nitrogens with one attached hydrogen (secondary N) is 1. The van der Waals surface area contributed by atoms with Crippen molar-refractivity contribution < 1.29 is 14.7 Å². The molecule has 2 rings (SSSR count). The van der Waals surface area contributed by atoms with Gasteiger partial charge >= 0.3 is 12.0 Å². The minimum absolute atomic E-state index is 0.0789. The first-order valence-corrected chi connectivity index (χ1v) is 7.39. The van der Waals surface area contributed by atoms with Crippen LogP contribution in [0.15, 0.2) is 22.7 Å². The molecule has 1 aliphatic carbocycles. The Labute approximate surface area is 126 Å². The van der Waals surface area contributed by atoms with Crippen LogP contribution in [0.4, 0.5) is 10.5 Å².